The predicted octanol–water partition coefficient (Wildman–Crippen LogP) is 4.09. The average Bonchev–Trinajstić information content (AvgIpc) is 3.12. The standard InChI is InChI=1S/C23H39F3N4O2/c1-4-31-17-22(9-10-23(24,25)26)7-5-18(6-8-22)21-19(15-29(3)12-11-27-2)28-30-13-14-32-16-20(21)30/h18,27H,4-17H2,1-3H3. The zero-order valence-electron chi connectivity index (χ0n) is 19.8. The molecule has 0 atom stereocenters. The molecule has 1 N–H and O–H groups in total. The Balaban J connectivity index is 1.75. The van der Waals surface area contributed by atoms with Crippen LogP contribution in [0, 0.1) is 5.41 Å². The Hall–Kier alpha value is -1.16. The Labute approximate surface area is 189 Å². The first-order valence-electron chi connectivity index (χ1n) is 11.9. The van der Waals surface area contributed by atoms with E-state index in [1.54, 1.807) is 0 Å². The molecule has 1 aliphatic carbocycles. The number of ether oxygens (including phenoxy) is 2. The first-order valence-corrected chi connectivity index (χ1v) is 11.9. The lowest BCUT2D eigenvalue weighted by atomic mass is 9.67. The van der Waals surface area contributed by atoms with Crippen LogP contribution in [0.3, 0.4) is 0 Å². The van der Waals surface area contributed by atoms with Crippen molar-refractivity contribution in [2.45, 2.75) is 77.2 Å². The van der Waals surface area contributed by atoms with Gasteiger partial charge in [-0.1, -0.05) is 0 Å². The highest BCUT2D eigenvalue weighted by molar-refractivity contribution is 5.31. The number of nitrogens with one attached hydrogen (secondary N) is 1. The van der Waals surface area contributed by atoms with Gasteiger partial charge >= 0.3 is 6.18 Å². The minimum atomic E-state index is -4.12. The third-order valence-electron chi connectivity index (χ3n) is 7.03. The monoisotopic (exact) mass is 460 g/mol. The van der Waals surface area contributed by atoms with Crippen molar-refractivity contribution in [2.75, 3.05) is 47.0 Å². The van der Waals surface area contributed by atoms with Crippen LogP contribution in [0.5, 0.6) is 0 Å². The molecule has 6 nitrogen and oxygen atoms in total. The Morgan fingerprint density at radius 3 is 2.72 bits per heavy atom. The molecule has 2 heterocycles. The molecule has 1 fully saturated rings. The molecule has 9 heteroatoms. The molecule has 1 saturated carbocycles. The van der Waals surface area contributed by atoms with Gasteiger partial charge in [-0.15, -0.1) is 0 Å². The first kappa shape index (κ1) is 25.5. The van der Waals surface area contributed by atoms with Crippen molar-refractivity contribution in [3.05, 3.63) is 17.0 Å². The van der Waals surface area contributed by atoms with Crippen LogP contribution in [-0.4, -0.2) is 67.9 Å². The van der Waals surface area contributed by atoms with Crippen LogP contribution in [0.15, 0.2) is 0 Å². The van der Waals surface area contributed by atoms with E-state index in [9.17, 15) is 13.2 Å². The molecule has 0 spiro atoms. The molecule has 0 unspecified atom stereocenters. The largest absolute Gasteiger partial charge is 0.389 e. The molecular formula is C23H39F3N4O2. The summed E-state index contributed by atoms with van der Waals surface area (Å²) in [7, 11) is 4.04. The molecule has 32 heavy (non-hydrogen) atoms. The average molecular weight is 461 g/mol. The molecule has 0 radical (unpaired) electrons. The van der Waals surface area contributed by atoms with Crippen LogP contribution in [0.4, 0.5) is 13.2 Å². The van der Waals surface area contributed by atoms with Gasteiger partial charge in [0, 0.05) is 38.2 Å². The summed E-state index contributed by atoms with van der Waals surface area (Å²) < 4.78 is 52.4. The lowest BCUT2D eigenvalue weighted by molar-refractivity contribution is -0.145. The topological polar surface area (TPSA) is 51.5 Å². The number of rotatable bonds is 11. The summed E-state index contributed by atoms with van der Waals surface area (Å²) in [6.45, 7) is 7.45. The summed E-state index contributed by atoms with van der Waals surface area (Å²) in [6.07, 6.45) is -1.44. The van der Waals surface area contributed by atoms with Gasteiger partial charge in [0.15, 0.2) is 0 Å². The molecule has 1 aromatic heterocycles. The van der Waals surface area contributed by atoms with Crippen molar-refractivity contribution in [1.29, 1.82) is 0 Å². The zero-order chi connectivity index (χ0) is 23.2. The SMILES string of the molecule is CCOCC1(CCC(F)(F)F)CCC(c2c(CN(C)CCNC)nn3c2COCC3)CC1. The van der Waals surface area contributed by atoms with Crippen molar-refractivity contribution >= 4 is 0 Å². The second-order valence-electron chi connectivity index (χ2n) is 9.45. The van der Waals surface area contributed by atoms with Gasteiger partial charge < -0.3 is 14.8 Å². The molecule has 1 aromatic rings. The Morgan fingerprint density at radius 2 is 2.06 bits per heavy atom. The molecule has 184 valence electrons. The van der Waals surface area contributed by atoms with Crippen molar-refractivity contribution in [2.24, 2.45) is 5.41 Å². The summed E-state index contributed by atoms with van der Waals surface area (Å²) in [5, 5.41) is 8.11. The van der Waals surface area contributed by atoms with Gasteiger partial charge in [0.05, 0.1) is 37.8 Å². The van der Waals surface area contributed by atoms with Gasteiger partial charge in [-0.2, -0.15) is 18.3 Å². The van der Waals surface area contributed by atoms with Gasteiger partial charge in [0.25, 0.3) is 0 Å². The van der Waals surface area contributed by atoms with Crippen LogP contribution in [0.25, 0.3) is 0 Å². The normalized spacial score (nSPS) is 24.2. The van der Waals surface area contributed by atoms with Gasteiger partial charge in [0.1, 0.15) is 0 Å². The van der Waals surface area contributed by atoms with Crippen LogP contribution >= 0.6 is 0 Å². The second kappa shape index (κ2) is 11.3. The fourth-order valence-corrected chi connectivity index (χ4v) is 5.16. The molecule has 0 aromatic carbocycles. The minimum absolute atomic E-state index is 0.151. The van der Waals surface area contributed by atoms with E-state index in [1.165, 1.54) is 5.56 Å². The fourth-order valence-electron chi connectivity index (χ4n) is 5.16. The fraction of sp³-hybridized carbons (Fsp3) is 0.870. The number of halogens is 3. The smallest absolute Gasteiger partial charge is 0.381 e. The lowest BCUT2D eigenvalue weighted by Crippen LogP contribution is -2.34. The second-order valence-corrected chi connectivity index (χ2v) is 9.45. The third kappa shape index (κ3) is 6.68. The Morgan fingerprint density at radius 1 is 1.31 bits per heavy atom. The van der Waals surface area contributed by atoms with Crippen molar-refractivity contribution in [1.82, 2.24) is 20.0 Å². The summed E-state index contributed by atoms with van der Waals surface area (Å²) in [4.78, 5) is 2.26. The highest BCUT2D eigenvalue weighted by atomic mass is 19.4. The number of fused-ring (bicyclic) bond motifs is 1. The number of hydrogen-bond donors (Lipinski definition) is 1. The van der Waals surface area contributed by atoms with Crippen LogP contribution in [-0.2, 0) is 29.2 Å². The third-order valence-corrected chi connectivity index (χ3v) is 7.03. The zero-order valence-corrected chi connectivity index (χ0v) is 19.8. The first-order chi connectivity index (χ1) is 15.3. The van der Waals surface area contributed by atoms with E-state index in [-0.39, 0.29) is 11.8 Å². The van der Waals surface area contributed by atoms with Gasteiger partial charge in [-0.25, -0.2) is 0 Å². The maximum Gasteiger partial charge on any atom is 0.389 e. The molecule has 0 amide bonds. The van der Waals surface area contributed by atoms with Crippen molar-refractivity contribution < 1.29 is 22.6 Å². The number of hydrogen-bond acceptors (Lipinski definition) is 5. The summed E-state index contributed by atoms with van der Waals surface area (Å²) >= 11 is 0. The van der Waals surface area contributed by atoms with E-state index in [0.717, 1.165) is 63.3 Å². The number of aromatic nitrogens is 2. The van der Waals surface area contributed by atoms with E-state index in [1.807, 2.05) is 14.0 Å². The predicted molar refractivity (Wildman–Crippen MR) is 118 cm³/mol. The van der Waals surface area contributed by atoms with E-state index < -0.39 is 12.6 Å². The summed E-state index contributed by atoms with van der Waals surface area (Å²) in [5.74, 6) is 0.314. The molecule has 2 aliphatic rings. The highest BCUT2D eigenvalue weighted by Crippen LogP contribution is 2.48. The van der Waals surface area contributed by atoms with E-state index in [4.69, 9.17) is 14.6 Å². The van der Waals surface area contributed by atoms with Crippen LogP contribution < -0.4 is 5.32 Å². The quantitative estimate of drug-likeness (QED) is 0.539. The maximum atomic E-state index is 13.0. The number of nitrogens with zero attached hydrogens (tertiary/aromatic N) is 3. The molecule has 1 aliphatic heterocycles. The summed E-state index contributed by atoms with van der Waals surface area (Å²) in [6, 6.07) is 0. The van der Waals surface area contributed by atoms with Gasteiger partial charge in [0.2, 0.25) is 0 Å². The molecular weight excluding hydrogens is 421 g/mol. The Bertz CT molecular complexity index is 715. The van der Waals surface area contributed by atoms with E-state index in [0.29, 0.717) is 32.3 Å². The van der Waals surface area contributed by atoms with Crippen LogP contribution in [0.1, 0.15) is 68.3 Å². The highest BCUT2D eigenvalue weighted by Gasteiger charge is 2.41. The van der Waals surface area contributed by atoms with Crippen molar-refractivity contribution in [3.8, 4) is 0 Å². The number of likely N-dealkylation sites (N-methyl/N-ethyl adjacent to an activating group) is 2. The number of alkyl halides is 3. The molecule has 0 bridgehead atoms. The van der Waals surface area contributed by atoms with E-state index >= 15 is 0 Å². The Kier molecular flexibility index (Phi) is 9.00. The van der Waals surface area contributed by atoms with Crippen molar-refractivity contribution in [3.63, 3.8) is 0 Å². The minimum Gasteiger partial charge on any atom is -0.381 e. The van der Waals surface area contributed by atoms with Crippen LogP contribution in [0.2, 0.25) is 0 Å². The van der Waals surface area contributed by atoms with E-state index in [2.05, 4.69) is 21.9 Å². The summed E-state index contributed by atoms with van der Waals surface area (Å²) in [5.41, 5.74) is 3.16. The molecule has 0 saturated heterocycles. The molecule has 3 rings (SSSR count). The van der Waals surface area contributed by atoms with Gasteiger partial charge in [-0.3, -0.25) is 9.58 Å². The maximum absolute atomic E-state index is 13.0. The van der Waals surface area contributed by atoms with Gasteiger partial charge in [-0.05, 0) is 64.5 Å². The lowest BCUT2D eigenvalue weighted by Gasteiger charge is -2.41.